The largest absolute Gasteiger partial charge is 0.335 e. The van der Waals surface area contributed by atoms with Crippen molar-refractivity contribution in [3.05, 3.63) is 12.3 Å². The first-order chi connectivity index (χ1) is 5.86. The molecule has 4 heteroatoms. The highest BCUT2D eigenvalue weighted by Gasteiger charge is 2.27. The molecule has 76 valence electrons. The highest BCUT2D eigenvalue weighted by molar-refractivity contribution is 9.10. The Morgan fingerprint density at radius 3 is 2.46 bits per heavy atom. The SMILES string of the molecule is C=C(CC)N(C)C(=N)C(C)(Br)NC. The molecule has 3 nitrogen and oxygen atoms in total. The number of alkyl halides is 1. The Labute approximate surface area is 88.8 Å². The summed E-state index contributed by atoms with van der Waals surface area (Å²) in [4.78, 5) is 1.78. The van der Waals surface area contributed by atoms with Gasteiger partial charge in [0.05, 0.1) is 0 Å². The van der Waals surface area contributed by atoms with Crippen LogP contribution in [-0.2, 0) is 0 Å². The minimum atomic E-state index is -0.486. The quantitative estimate of drug-likeness (QED) is 0.346. The lowest BCUT2D eigenvalue weighted by atomic mass is 10.2. The molecular formula is C9H18BrN3. The Bertz CT molecular complexity index is 211. The predicted molar refractivity (Wildman–Crippen MR) is 61.3 cm³/mol. The summed E-state index contributed by atoms with van der Waals surface area (Å²) in [5.74, 6) is 0.460. The highest BCUT2D eigenvalue weighted by atomic mass is 79.9. The molecule has 1 atom stereocenters. The average Bonchev–Trinajstić information content (AvgIpc) is 2.14. The number of likely N-dealkylation sites (N-methyl/N-ethyl adjacent to an activating group) is 2. The van der Waals surface area contributed by atoms with Gasteiger partial charge in [0.15, 0.2) is 0 Å². The molecule has 13 heavy (non-hydrogen) atoms. The normalized spacial score (nSPS) is 14.8. The minimum Gasteiger partial charge on any atom is -0.335 e. The van der Waals surface area contributed by atoms with Crippen molar-refractivity contribution in [3.63, 3.8) is 0 Å². The molecule has 1 unspecified atom stereocenters. The van der Waals surface area contributed by atoms with Crippen LogP contribution in [0, 0.1) is 5.41 Å². The third-order valence-corrected chi connectivity index (χ3v) is 2.90. The molecular weight excluding hydrogens is 230 g/mol. The molecule has 0 aromatic carbocycles. The van der Waals surface area contributed by atoms with Gasteiger partial charge in [0, 0.05) is 12.7 Å². The summed E-state index contributed by atoms with van der Waals surface area (Å²) < 4.78 is -0.486. The third kappa shape index (κ3) is 3.12. The fourth-order valence-electron chi connectivity index (χ4n) is 0.829. The van der Waals surface area contributed by atoms with Crippen LogP contribution in [0.2, 0.25) is 0 Å². The van der Waals surface area contributed by atoms with Crippen LogP contribution in [0.1, 0.15) is 20.3 Å². The van der Waals surface area contributed by atoms with Gasteiger partial charge in [0.1, 0.15) is 10.3 Å². The maximum atomic E-state index is 7.89. The fourth-order valence-corrected chi connectivity index (χ4v) is 1.09. The van der Waals surface area contributed by atoms with Crippen molar-refractivity contribution in [1.82, 2.24) is 10.2 Å². The standard InChI is InChI=1S/C9H18BrN3/c1-6-7(2)13(5)8(11)9(3,10)12-4/h11-12H,2,6H2,1,3-5H3. The Morgan fingerprint density at radius 1 is 1.69 bits per heavy atom. The first-order valence-corrected chi connectivity index (χ1v) is 5.04. The van der Waals surface area contributed by atoms with Gasteiger partial charge < -0.3 is 4.90 Å². The van der Waals surface area contributed by atoms with Crippen molar-refractivity contribution >= 4 is 21.8 Å². The summed E-state index contributed by atoms with van der Waals surface area (Å²) in [5.41, 5.74) is 0.936. The number of hydrogen-bond donors (Lipinski definition) is 2. The molecule has 0 aliphatic carbocycles. The number of nitrogens with one attached hydrogen (secondary N) is 2. The number of hydrogen-bond acceptors (Lipinski definition) is 2. The fraction of sp³-hybridized carbons (Fsp3) is 0.667. The number of allylic oxidation sites excluding steroid dienone is 1. The topological polar surface area (TPSA) is 39.1 Å². The number of rotatable bonds is 4. The third-order valence-electron chi connectivity index (χ3n) is 2.13. The maximum absolute atomic E-state index is 7.89. The summed E-state index contributed by atoms with van der Waals surface area (Å²) in [7, 11) is 3.66. The lowest BCUT2D eigenvalue weighted by molar-refractivity contribution is 0.540. The van der Waals surface area contributed by atoms with E-state index in [0.717, 1.165) is 12.1 Å². The van der Waals surface area contributed by atoms with Crippen LogP contribution in [0.4, 0.5) is 0 Å². The summed E-state index contributed by atoms with van der Waals surface area (Å²) in [6, 6.07) is 0. The van der Waals surface area contributed by atoms with Gasteiger partial charge in [-0.05, 0) is 20.4 Å². The molecule has 0 saturated heterocycles. The summed E-state index contributed by atoms with van der Waals surface area (Å²) in [6.45, 7) is 7.80. The van der Waals surface area contributed by atoms with Crippen LogP contribution in [0.15, 0.2) is 12.3 Å². The van der Waals surface area contributed by atoms with E-state index in [0.29, 0.717) is 5.84 Å². The van der Waals surface area contributed by atoms with Crippen molar-refractivity contribution in [2.75, 3.05) is 14.1 Å². The Kier molecular flexibility index (Phi) is 4.64. The molecule has 0 fully saturated rings. The molecule has 0 radical (unpaired) electrons. The van der Waals surface area contributed by atoms with Gasteiger partial charge in [0.2, 0.25) is 0 Å². The van der Waals surface area contributed by atoms with E-state index < -0.39 is 4.45 Å². The second kappa shape index (κ2) is 4.77. The van der Waals surface area contributed by atoms with Crippen LogP contribution in [0.5, 0.6) is 0 Å². The average molecular weight is 248 g/mol. The monoisotopic (exact) mass is 247 g/mol. The zero-order valence-electron chi connectivity index (χ0n) is 8.74. The summed E-state index contributed by atoms with van der Waals surface area (Å²) in [6.07, 6.45) is 0.853. The molecule has 0 bridgehead atoms. The Morgan fingerprint density at radius 2 is 2.15 bits per heavy atom. The van der Waals surface area contributed by atoms with Gasteiger partial charge in [-0.2, -0.15) is 0 Å². The zero-order chi connectivity index (χ0) is 10.6. The summed E-state index contributed by atoms with van der Waals surface area (Å²) >= 11 is 3.43. The van der Waals surface area contributed by atoms with E-state index in [4.69, 9.17) is 5.41 Å². The van der Waals surface area contributed by atoms with E-state index in [1.807, 2.05) is 27.9 Å². The summed E-state index contributed by atoms with van der Waals surface area (Å²) in [5, 5.41) is 10.9. The molecule has 2 N–H and O–H groups in total. The molecule has 0 spiro atoms. The van der Waals surface area contributed by atoms with E-state index in [1.54, 1.807) is 4.90 Å². The van der Waals surface area contributed by atoms with Gasteiger partial charge in [-0.15, -0.1) is 0 Å². The predicted octanol–water partition coefficient (Wildman–Crippen LogP) is 2.15. The first kappa shape index (κ1) is 12.7. The van der Waals surface area contributed by atoms with Crippen molar-refractivity contribution in [2.24, 2.45) is 0 Å². The lowest BCUT2D eigenvalue weighted by Crippen LogP contribution is -2.48. The number of nitrogens with zero attached hydrogens (tertiary/aromatic N) is 1. The minimum absolute atomic E-state index is 0.460. The van der Waals surface area contributed by atoms with Gasteiger partial charge in [0.25, 0.3) is 0 Å². The Hall–Kier alpha value is -0.350. The molecule has 0 saturated carbocycles. The van der Waals surface area contributed by atoms with E-state index in [9.17, 15) is 0 Å². The highest BCUT2D eigenvalue weighted by Crippen LogP contribution is 2.18. The molecule has 0 aromatic rings. The second-order valence-electron chi connectivity index (χ2n) is 3.08. The van der Waals surface area contributed by atoms with Gasteiger partial charge >= 0.3 is 0 Å². The van der Waals surface area contributed by atoms with Crippen LogP contribution >= 0.6 is 15.9 Å². The van der Waals surface area contributed by atoms with Crippen molar-refractivity contribution in [1.29, 1.82) is 5.41 Å². The zero-order valence-corrected chi connectivity index (χ0v) is 10.3. The molecule has 0 aliphatic heterocycles. The van der Waals surface area contributed by atoms with Crippen LogP contribution in [-0.4, -0.2) is 29.3 Å². The second-order valence-corrected chi connectivity index (χ2v) is 4.67. The molecule has 0 amide bonds. The van der Waals surface area contributed by atoms with Crippen molar-refractivity contribution in [3.8, 4) is 0 Å². The number of halogens is 1. The van der Waals surface area contributed by atoms with Gasteiger partial charge in [-0.1, -0.05) is 29.4 Å². The molecule has 0 aliphatic rings. The van der Waals surface area contributed by atoms with Gasteiger partial charge in [-0.3, -0.25) is 10.7 Å². The van der Waals surface area contributed by atoms with Crippen molar-refractivity contribution in [2.45, 2.75) is 24.7 Å². The number of amidine groups is 1. The molecule has 0 heterocycles. The lowest BCUT2D eigenvalue weighted by Gasteiger charge is -2.31. The smallest absolute Gasteiger partial charge is 0.131 e. The van der Waals surface area contributed by atoms with E-state index in [-0.39, 0.29) is 0 Å². The van der Waals surface area contributed by atoms with E-state index in [2.05, 4.69) is 27.8 Å². The van der Waals surface area contributed by atoms with Crippen LogP contribution in [0.25, 0.3) is 0 Å². The van der Waals surface area contributed by atoms with Crippen LogP contribution < -0.4 is 5.32 Å². The van der Waals surface area contributed by atoms with Gasteiger partial charge in [-0.25, -0.2) is 0 Å². The maximum Gasteiger partial charge on any atom is 0.131 e. The first-order valence-electron chi connectivity index (χ1n) is 4.25. The van der Waals surface area contributed by atoms with Crippen LogP contribution in [0.3, 0.4) is 0 Å². The molecule has 0 rings (SSSR count). The molecule has 0 aromatic heterocycles. The van der Waals surface area contributed by atoms with E-state index >= 15 is 0 Å². The Balaban J connectivity index is 4.52. The van der Waals surface area contributed by atoms with Crippen molar-refractivity contribution < 1.29 is 0 Å². The van der Waals surface area contributed by atoms with E-state index in [1.165, 1.54) is 0 Å².